The van der Waals surface area contributed by atoms with Crippen molar-refractivity contribution in [1.29, 1.82) is 0 Å². The molecule has 0 aromatic heterocycles. The van der Waals surface area contributed by atoms with Gasteiger partial charge in [-0.2, -0.15) is 0 Å². The smallest absolute Gasteiger partial charge is 0.242 e. The van der Waals surface area contributed by atoms with E-state index in [1.165, 1.54) is 9.21 Å². The number of rotatable bonds is 10. The number of nitrogens with zero attached hydrogens (tertiary/aromatic N) is 2. The van der Waals surface area contributed by atoms with Crippen molar-refractivity contribution in [3.8, 4) is 0 Å². The Morgan fingerprint density at radius 2 is 1.66 bits per heavy atom. The number of sulfonamides is 1. The Morgan fingerprint density at radius 3 is 2.23 bits per heavy atom. The summed E-state index contributed by atoms with van der Waals surface area (Å²) in [4.78, 5) is 27.7. The van der Waals surface area contributed by atoms with E-state index < -0.39 is 21.6 Å². The number of amides is 2. The zero-order chi connectivity index (χ0) is 26.4. The highest BCUT2D eigenvalue weighted by atomic mass is 35.5. The number of hydrogen-bond acceptors (Lipinski definition) is 4. The quantitative estimate of drug-likeness (QED) is 0.497. The third-order valence-corrected chi connectivity index (χ3v) is 7.05. The summed E-state index contributed by atoms with van der Waals surface area (Å²) in [6, 6.07) is 13.7. The van der Waals surface area contributed by atoms with Crippen molar-refractivity contribution >= 4 is 39.1 Å². The van der Waals surface area contributed by atoms with Gasteiger partial charge in [0.15, 0.2) is 0 Å². The molecule has 0 aliphatic rings. The third kappa shape index (κ3) is 8.54. The Bertz CT molecular complexity index is 1150. The van der Waals surface area contributed by atoms with Gasteiger partial charge in [-0.1, -0.05) is 48.0 Å². The fraction of sp³-hybridized carbons (Fsp3) is 0.462. The van der Waals surface area contributed by atoms with E-state index in [0.717, 1.165) is 17.4 Å². The monoisotopic (exact) mass is 521 g/mol. The van der Waals surface area contributed by atoms with Crippen LogP contribution in [0, 0.1) is 6.92 Å². The predicted octanol–water partition coefficient (Wildman–Crippen LogP) is 4.53. The second-order valence-electron chi connectivity index (χ2n) is 9.75. The molecule has 0 fully saturated rings. The maximum absolute atomic E-state index is 13.3. The van der Waals surface area contributed by atoms with Crippen molar-refractivity contribution < 1.29 is 18.0 Å². The lowest BCUT2D eigenvalue weighted by Gasteiger charge is -2.32. The molecule has 0 spiro atoms. The number of carbonyl (C=O) groups is 2. The molecule has 0 aliphatic heterocycles. The summed E-state index contributed by atoms with van der Waals surface area (Å²) in [5.41, 5.74) is 1.70. The van der Waals surface area contributed by atoms with Gasteiger partial charge in [0.2, 0.25) is 21.8 Å². The molecule has 1 N–H and O–H groups in total. The lowest BCUT2D eigenvalue weighted by molar-refractivity contribution is -0.141. The van der Waals surface area contributed by atoms with Crippen LogP contribution in [0.4, 0.5) is 5.69 Å². The Balaban J connectivity index is 2.21. The zero-order valence-electron chi connectivity index (χ0n) is 21.3. The zero-order valence-corrected chi connectivity index (χ0v) is 22.9. The van der Waals surface area contributed by atoms with Gasteiger partial charge in [0.1, 0.15) is 6.04 Å². The van der Waals surface area contributed by atoms with Crippen molar-refractivity contribution in [1.82, 2.24) is 10.2 Å². The number of carbonyl (C=O) groups excluding carboxylic acids is 2. The Kier molecular flexibility index (Phi) is 9.75. The minimum absolute atomic E-state index is 0.0789. The van der Waals surface area contributed by atoms with Gasteiger partial charge in [-0.25, -0.2) is 8.42 Å². The van der Waals surface area contributed by atoms with Crippen molar-refractivity contribution in [2.75, 3.05) is 17.1 Å². The van der Waals surface area contributed by atoms with E-state index >= 15 is 0 Å². The molecule has 2 aromatic carbocycles. The van der Waals surface area contributed by atoms with Crippen LogP contribution in [-0.4, -0.2) is 49.5 Å². The number of anilines is 1. The van der Waals surface area contributed by atoms with E-state index in [9.17, 15) is 18.0 Å². The second-order valence-corrected chi connectivity index (χ2v) is 12.1. The Hall–Kier alpha value is -2.58. The summed E-state index contributed by atoms with van der Waals surface area (Å²) in [6.45, 7) is 9.49. The molecule has 0 bridgehead atoms. The molecule has 2 rings (SSSR count). The first-order chi connectivity index (χ1) is 16.2. The van der Waals surface area contributed by atoms with Crippen molar-refractivity contribution in [3.63, 3.8) is 0 Å². The molecule has 0 heterocycles. The van der Waals surface area contributed by atoms with Crippen LogP contribution < -0.4 is 9.62 Å². The Morgan fingerprint density at radius 1 is 1.06 bits per heavy atom. The molecule has 2 amide bonds. The summed E-state index contributed by atoms with van der Waals surface area (Å²) in [6.07, 6.45) is 1.53. The highest BCUT2D eigenvalue weighted by Crippen LogP contribution is 2.23. The molecule has 1 atom stereocenters. The van der Waals surface area contributed by atoms with Gasteiger partial charge in [0.25, 0.3) is 0 Å². The van der Waals surface area contributed by atoms with Crippen LogP contribution in [0.5, 0.6) is 0 Å². The summed E-state index contributed by atoms with van der Waals surface area (Å²) in [7, 11) is -3.54. The first-order valence-electron chi connectivity index (χ1n) is 11.6. The molecular formula is C26H36ClN3O4S. The van der Waals surface area contributed by atoms with Crippen LogP contribution in [-0.2, 0) is 26.2 Å². The summed E-state index contributed by atoms with van der Waals surface area (Å²) < 4.78 is 26.3. The summed E-state index contributed by atoms with van der Waals surface area (Å²) in [5, 5.41) is 3.43. The summed E-state index contributed by atoms with van der Waals surface area (Å²) in [5.74, 6) is -0.518. The second kappa shape index (κ2) is 11.9. The first-order valence-corrected chi connectivity index (χ1v) is 13.8. The minimum atomic E-state index is -3.54. The van der Waals surface area contributed by atoms with Crippen molar-refractivity contribution in [2.24, 2.45) is 0 Å². The van der Waals surface area contributed by atoms with Crippen LogP contribution in [0.25, 0.3) is 0 Å². The van der Waals surface area contributed by atoms with Gasteiger partial charge in [0, 0.05) is 30.1 Å². The van der Waals surface area contributed by atoms with E-state index in [4.69, 9.17) is 11.6 Å². The minimum Gasteiger partial charge on any atom is -0.350 e. The SMILES string of the molecule is Cc1ccccc1N(CCCC(=O)N(Cc1ccccc1Cl)[C@H](C)C(=O)NC(C)(C)C)S(C)(=O)=O. The molecule has 192 valence electrons. The van der Waals surface area contributed by atoms with Gasteiger partial charge in [0.05, 0.1) is 11.9 Å². The lowest BCUT2D eigenvalue weighted by Crippen LogP contribution is -2.52. The van der Waals surface area contributed by atoms with Crippen molar-refractivity contribution in [3.05, 3.63) is 64.7 Å². The van der Waals surface area contributed by atoms with E-state index in [1.54, 1.807) is 31.2 Å². The predicted molar refractivity (Wildman–Crippen MR) is 142 cm³/mol. The van der Waals surface area contributed by atoms with Crippen LogP contribution in [0.15, 0.2) is 48.5 Å². The van der Waals surface area contributed by atoms with Crippen molar-refractivity contribution in [2.45, 2.75) is 65.6 Å². The molecule has 0 aliphatic carbocycles. The molecule has 35 heavy (non-hydrogen) atoms. The van der Waals surface area contributed by atoms with E-state index in [0.29, 0.717) is 17.1 Å². The van der Waals surface area contributed by atoms with Gasteiger partial charge in [-0.05, 0) is 64.3 Å². The van der Waals surface area contributed by atoms with Gasteiger partial charge in [-0.3, -0.25) is 13.9 Å². The molecular weight excluding hydrogens is 486 g/mol. The highest BCUT2D eigenvalue weighted by Gasteiger charge is 2.29. The molecule has 0 saturated carbocycles. The maximum atomic E-state index is 13.3. The number of para-hydroxylation sites is 1. The summed E-state index contributed by atoms with van der Waals surface area (Å²) >= 11 is 6.33. The van der Waals surface area contributed by atoms with Crippen LogP contribution in [0.3, 0.4) is 0 Å². The lowest BCUT2D eigenvalue weighted by atomic mass is 10.1. The molecule has 2 aromatic rings. The number of hydrogen-bond donors (Lipinski definition) is 1. The topological polar surface area (TPSA) is 86.8 Å². The molecule has 0 radical (unpaired) electrons. The maximum Gasteiger partial charge on any atom is 0.242 e. The highest BCUT2D eigenvalue weighted by molar-refractivity contribution is 7.92. The third-order valence-electron chi connectivity index (χ3n) is 5.50. The van der Waals surface area contributed by atoms with Gasteiger partial charge < -0.3 is 10.2 Å². The molecule has 7 nitrogen and oxygen atoms in total. The van der Waals surface area contributed by atoms with E-state index in [1.807, 2.05) is 52.0 Å². The standard InChI is InChI=1S/C26H36ClN3O4S/c1-19-12-7-10-15-23(19)30(35(6,33)34)17-11-16-24(31)29(18-21-13-8-9-14-22(21)27)20(2)25(32)28-26(3,4)5/h7-10,12-15,20H,11,16-18H2,1-6H3,(H,28,32)/t20-/m1/s1. The van der Waals surface area contributed by atoms with Gasteiger partial charge >= 0.3 is 0 Å². The first kappa shape index (κ1) is 28.7. The largest absolute Gasteiger partial charge is 0.350 e. The van der Waals surface area contributed by atoms with Crippen LogP contribution in [0.1, 0.15) is 51.7 Å². The number of aryl methyl sites for hydroxylation is 1. The van der Waals surface area contributed by atoms with E-state index in [2.05, 4.69) is 5.32 Å². The fourth-order valence-electron chi connectivity index (χ4n) is 3.69. The number of halogens is 1. The van der Waals surface area contributed by atoms with E-state index in [-0.39, 0.29) is 31.3 Å². The Labute approximate surface area is 214 Å². The van der Waals surface area contributed by atoms with Gasteiger partial charge in [-0.15, -0.1) is 0 Å². The molecule has 9 heteroatoms. The molecule has 0 unspecified atom stereocenters. The average Bonchev–Trinajstić information content (AvgIpc) is 2.74. The van der Waals surface area contributed by atoms with Crippen LogP contribution in [0.2, 0.25) is 5.02 Å². The fourth-order valence-corrected chi connectivity index (χ4v) is 4.91. The number of benzene rings is 2. The normalized spacial score (nSPS) is 12.7. The average molecular weight is 522 g/mol. The van der Waals surface area contributed by atoms with Crippen LogP contribution >= 0.6 is 11.6 Å². The number of nitrogens with one attached hydrogen (secondary N) is 1. The molecule has 0 saturated heterocycles.